The van der Waals surface area contributed by atoms with Gasteiger partial charge in [0.25, 0.3) is 0 Å². The predicted molar refractivity (Wildman–Crippen MR) is 98.8 cm³/mol. The Bertz CT molecular complexity index is 845. The summed E-state index contributed by atoms with van der Waals surface area (Å²) in [4.78, 5) is 17.6. The van der Waals surface area contributed by atoms with Crippen LogP contribution in [0.25, 0.3) is 0 Å². The molecule has 7 heteroatoms. The van der Waals surface area contributed by atoms with Crippen LogP contribution in [0.4, 0.5) is 18.9 Å². The van der Waals surface area contributed by atoms with E-state index in [0.29, 0.717) is 29.8 Å². The fourth-order valence-corrected chi connectivity index (χ4v) is 3.03. The summed E-state index contributed by atoms with van der Waals surface area (Å²) in [7, 11) is 0. The van der Waals surface area contributed by atoms with E-state index in [1.165, 1.54) is 12.1 Å². The SMILES string of the molecule is C=C1CON(c2ccc(C(=O)OCC)cc2)[C@H](c2ccc(C(F)(F)F)cc2)C1. The number of anilines is 1. The van der Waals surface area contributed by atoms with Gasteiger partial charge in [0.15, 0.2) is 0 Å². The number of esters is 1. The highest BCUT2D eigenvalue weighted by Crippen LogP contribution is 2.37. The van der Waals surface area contributed by atoms with Crippen LogP contribution in [0.3, 0.4) is 0 Å². The van der Waals surface area contributed by atoms with Crippen molar-refractivity contribution in [3.05, 3.63) is 77.4 Å². The summed E-state index contributed by atoms with van der Waals surface area (Å²) in [6.07, 6.45) is -3.83. The second-order valence-electron chi connectivity index (χ2n) is 6.46. The molecule has 0 bridgehead atoms. The van der Waals surface area contributed by atoms with Crippen LogP contribution in [-0.4, -0.2) is 19.2 Å². The lowest BCUT2D eigenvalue weighted by molar-refractivity contribution is -0.137. The maximum absolute atomic E-state index is 12.8. The molecule has 0 unspecified atom stereocenters. The van der Waals surface area contributed by atoms with E-state index in [1.54, 1.807) is 36.3 Å². The van der Waals surface area contributed by atoms with E-state index in [1.807, 2.05) is 0 Å². The number of carbonyl (C=O) groups is 1. The number of alkyl halides is 3. The molecule has 1 heterocycles. The Kier molecular flexibility index (Phi) is 5.74. The molecule has 0 aliphatic carbocycles. The van der Waals surface area contributed by atoms with Crippen molar-refractivity contribution in [3.8, 4) is 0 Å². The van der Waals surface area contributed by atoms with Crippen molar-refractivity contribution in [2.24, 2.45) is 0 Å². The number of benzene rings is 2. The molecule has 1 aliphatic heterocycles. The Hall–Kier alpha value is -2.80. The highest BCUT2D eigenvalue weighted by atomic mass is 19.4. The van der Waals surface area contributed by atoms with Crippen molar-refractivity contribution in [2.75, 3.05) is 18.3 Å². The molecule has 0 spiro atoms. The second kappa shape index (κ2) is 8.06. The minimum Gasteiger partial charge on any atom is -0.462 e. The van der Waals surface area contributed by atoms with E-state index in [4.69, 9.17) is 9.57 Å². The Balaban J connectivity index is 1.86. The number of hydrogen-bond acceptors (Lipinski definition) is 4. The number of halogens is 3. The Morgan fingerprint density at radius 2 is 1.82 bits per heavy atom. The van der Waals surface area contributed by atoms with E-state index in [-0.39, 0.29) is 12.6 Å². The first-order valence-electron chi connectivity index (χ1n) is 8.82. The van der Waals surface area contributed by atoms with Gasteiger partial charge >= 0.3 is 12.1 Å². The maximum atomic E-state index is 12.8. The topological polar surface area (TPSA) is 38.8 Å². The largest absolute Gasteiger partial charge is 0.462 e. The highest BCUT2D eigenvalue weighted by Gasteiger charge is 2.32. The molecule has 1 aliphatic rings. The van der Waals surface area contributed by atoms with Gasteiger partial charge in [-0.15, -0.1) is 0 Å². The second-order valence-corrected chi connectivity index (χ2v) is 6.46. The number of ether oxygens (including phenoxy) is 1. The van der Waals surface area contributed by atoms with Crippen molar-refractivity contribution >= 4 is 11.7 Å². The summed E-state index contributed by atoms with van der Waals surface area (Å²) in [5.74, 6) is -0.415. The third kappa shape index (κ3) is 4.36. The number of rotatable bonds is 4. The van der Waals surface area contributed by atoms with Crippen LogP contribution >= 0.6 is 0 Å². The van der Waals surface area contributed by atoms with Gasteiger partial charge in [-0.2, -0.15) is 13.2 Å². The minimum absolute atomic E-state index is 0.286. The lowest BCUT2D eigenvalue weighted by atomic mass is 9.96. The standard InChI is InChI=1S/C21H20F3NO3/c1-3-27-20(26)16-6-10-18(11-7-16)25-19(12-14(2)13-28-25)15-4-8-17(9-5-15)21(22,23)24/h4-11,19H,2-3,12-13H2,1H3/t19-/m0/s1. The van der Waals surface area contributed by atoms with Gasteiger partial charge < -0.3 is 4.74 Å². The van der Waals surface area contributed by atoms with Gasteiger partial charge in [-0.05, 0) is 60.9 Å². The van der Waals surface area contributed by atoms with E-state index >= 15 is 0 Å². The number of nitrogens with zero attached hydrogens (tertiary/aromatic N) is 1. The Morgan fingerprint density at radius 1 is 1.18 bits per heavy atom. The van der Waals surface area contributed by atoms with Gasteiger partial charge in [-0.1, -0.05) is 18.7 Å². The summed E-state index contributed by atoms with van der Waals surface area (Å²) >= 11 is 0. The molecule has 0 saturated carbocycles. The lowest BCUT2D eigenvalue weighted by Gasteiger charge is -2.37. The number of hydroxylamine groups is 1. The first-order chi connectivity index (χ1) is 13.3. The summed E-state index contributed by atoms with van der Waals surface area (Å²) in [5.41, 5.74) is 1.94. The average molecular weight is 391 g/mol. The molecule has 1 saturated heterocycles. The molecule has 2 aromatic carbocycles. The summed E-state index contributed by atoms with van der Waals surface area (Å²) in [6.45, 7) is 6.27. The summed E-state index contributed by atoms with van der Waals surface area (Å²) in [6, 6.07) is 11.4. The van der Waals surface area contributed by atoms with E-state index in [0.717, 1.165) is 17.7 Å². The van der Waals surface area contributed by atoms with E-state index in [9.17, 15) is 18.0 Å². The monoisotopic (exact) mass is 391 g/mol. The fraction of sp³-hybridized carbons (Fsp3) is 0.286. The maximum Gasteiger partial charge on any atom is 0.416 e. The van der Waals surface area contributed by atoms with Gasteiger partial charge in [0.05, 0.1) is 36.1 Å². The third-order valence-electron chi connectivity index (χ3n) is 4.43. The smallest absolute Gasteiger partial charge is 0.416 e. The Labute approximate surface area is 161 Å². The zero-order chi connectivity index (χ0) is 20.3. The molecule has 0 amide bonds. The van der Waals surface area contributed by atoms with E-state index in [2.05, 4.69) is 6.58 Å². The normalized spacial score (nSPS) is 17.5. The van der Waals surface area contributed by atoms with Crippen LogP contribution in [0.15, 0.2) is 60.7 Å². The van der Waals surface area contributed by atoms with Gasteiger partial charge in [0, 0.05) is 0 Å². The molecule has 2 aromatic rings. The van der Waals surface area contributed by atoms with Crippen LogP contribution < -0.4 is 5.06 Å². The summed E-state index contributed by atoms with van der Waals surface area (Å²) in [5, 5.41) is 1.65. The zero-order valence-corrected chi connectivity index (χ0v) is 15.3. The Morgan fingerprint density at radius 3 is 2.39 bits per heavy atom. The molecule has 148 valence electrons. The van der Waals surface area contributed by atoms with Gasteiger partial charge in [0.1, 0.15) is 0 Å². The predicted octanol–water partition coefficient (Wildman–Crippen LogP) is 5.32. The zero-order valence-electron chi connectivity index (χ0n) is 15.3. The number of carbonyl (C=O) groups excluding carboxylic acids is 1. The van der Waals surface area contributed by atoms with Gasteiger partial charge in [-0.3, -0.25) is 4.84 Å². The van der Waals surface area contributed by atoms with Crippen LogP contribution in [-0.2, 0) is 15.8 Å². The minimum atomic E-state index is -4.38. The first kappa shape index (κ1) is 19.9. The van der Waals surface area contributed by atoms with Crippen molar-refractivity contribution in [2.45, 2.75) is 25.6 Å². The van der Waals surface area contributed by atoms with Crippen LogP contribution in [0.2, 0.25) is 0 Å². The molecule has 4 nitrogen and oxygen atoms in total. The number of hydrogen-bond donors (Lipinski definition) is 0. The van der Waals surface area contributed by atoms with Crippen molar-refractivity contribution in [1.29, 1.82) is 0 Å². The van der Waals surface area contributed by atoms with Crippen LogP contribution in [0, 0.1) is 0 Å². The van der Waals surface area contributed by atoms with Gasteiger partial charge in [-0.25, -0.2) is 9.86 Å². The molecule has 1 atom stereocenters. The fourth-order valence-electron chi connectivity index (χ4n) is 3.03. The highest BCUT2D eigenvalue weighted by molar-refractivity contribution is 5.89. The first-order valence-corrected chi connectivity index (χ1v) is 8.82. The molecule has 3 rings (SSSR count). The molecule has 28 heavy (non-hydrogen) atoms. The molecule has 1 fully saturated rings. The molecule has 0 aromatic heterocycles. The molecular formula is C21H20F3NO3. The van der Waals surface area contributed by atoms with Gasteiger partial charge in [0.2, 0.25) is 0 Å². The molecular weight excluding hydrogens is 371 g/mol. The lowest BCUT2D eigenvalue weighted by Crippen LogP contribution is -2.34. The van der Waals surface area contributed by atoms with Crippen LogP contribution in [0.1, 0.15) is 40.9 Å². The van der Waals surface area contributed by atoms with E-state index < -0.39 is 17.7 Å². The van der Waals surface area contributed by atoms with Crippen molar-refractivity contribution in [1.82, 2.24) is 0 Å². The van der Waals surface area contributed by atoms with Crippen molar-refractivity contribution in [3.63, 3.8) is 0 Å². The van der Waals surface area contributed by atoms with Crippen LogP contribution in [0.5, 0.6) is 0 Å². The average Bonchev–Trinajstić information content (AvgIpc) is 2.68. The summed E-state index contributed by atoms with van der Waals surface area (Å²) < 4.78 is 43.5. The molecule has 0 radical (unpaired) electrons. The van der Waals surface area contributed by atoms with Crippen molar-refractivity contribution < 1.29 is 27.5 Å². The quantitative estimate of drug-likeness (QED) is 0.522. The molecule has 0 N–H and O–H groups in total. The third-order valence-corrected chi connectivity index (χ3v) is 4.43.